The molecule has 1 aromatic rings. The largest absolute Gasteiger partial charge is 0.478 e. The molecule has 110 valence electrons. The van der Waals surface area contributed by atoms with Gasteiger partial charge in [0.25, 0.3) is 0 Å². The molecule has 1 aliphatic carbocycles. The minimum atomic E-state index is -0.972. The van der Waals surface area contributed by atoms with Crippen LogP contribution in [0.25, 0.3) is 0 Å². The Balaban J connectivity index is 2.47. The van der Waals surface area contributed by atoms with Crippen LogP contribution in [0.5, 0.6) is 0 Å². The zero-order chi connectivity index (χ0) is 14.8. The summed E-state index contributed by atoms with van der Waals surface area (Å²) >= 11 is 0. The van der Waals surface area contributed by atoms with Crippen LogP contribution >= 0.6 is 0 Å². The van der Waals surface area contributed by atoms with Gasteiger partial charge in [-0.25, -0.2) is 14.8 Å². The number of hydrogen-bond acceptors (Lipinski definition) is 4. The van der Waals surface area contributed by atoms with E-state index in [4.69, 9.17) is 4.74 Å². The molecule has 1 heterocycles. The Kier molecular flexibility index (Phi) is 4.38. The molecule has 0 radical (unpaired) electrons. The van der Waals surface area contributed by atoms with Crippen molar-refractivity contribution in [2.75, 3.05) is 6.61 Å². The molecule has 1 aromatic heterocycles. The van der Waals surface area contributed by atoms with E-state index in [-0.39, 0.29) is 5.56 Å². The van der Waals surface area contributed by atoms with Crippen molar-refractivity contribution >= 4 is 5.97 Å². The Hall–Kier alpha value is -1.49. The van der Waals surface area contributed by atoms with Crippen LogP contribution in [0.1, 0.15) is 66.6 Å². The highest BCUT2D eigenvalue weighted by atomic mass is 16.5. The highest BCUT2D eigenvalue weighted by Crippen LogP contribution is 2.39. The van der Waals surface area contributed by atoms with E-state index in [1.54, 1.807) is 13.8 Å². The monoisotopic (exact) mass is 278 g/mol. The maximum Gasteiger partial charge on any atom is 0.339 e. The summed E-state index contributed by atoms with van der Waals surface area (Å²) in [6.45, 7) is 6.04. The lowest BCUT2D eigenvalue weighted by atomic mass is 9.83. The molecule has 1 fully saturated rings. The summed E-state index contributed by atoms with van der Waals surface area (Å²) in [5.74, 6) is -0.320. The molecule has 0 amide bonds. The zero-order valence-corrected chi connectivity index (χ0v) is 12.4. The molecular formula is C15H22N2O3. The second-order valence-electron chi connectivity index (χ2n) is 5.39. The lowest BCUT2D eigenvalue weighted by Gasteiger charge is -2.35. The second kappa shape index (κ2) is 5.87. The van der Waals surface area contributed by atoms with Crippen LogP contribution in [0.3, 0.4) is 0 Å². The third-order valence-corrected chi connectivity index (χ3v) is 3.97. The summed E-state index contributed by atoms with van der Waals surface area (Å²) in [4.78, 5) is 20.1. The van der Waals surface area contributed by atoms with Crippen LogP contribution < -0.4 is 0 Å². The molecule has 1 saturated carbocycles. The predicted molar refractivity (Wildman–Crippen MR) is 74.9 cm³/mol. The normalized spacial score (nSPS) is 17.9. The Bertz CT molecular complexity index is 479. The summed E-state index contributed by atoms with van der Waals surface area (Å²) in [7, 11) is 0. The summed E-state index contributed by atoms with van der Waals surface area (Å²) in [6, 6.07) is 0. The Morgan fingerprint density at radius 2 is 1.75 bits per heavy atom. The van der Waals surface area contributed by atoms with E-state index in [0.717, 1.165) is 25.7 Å². The maximum atomic E-state index is 11.2. The fraction of sp³-hybridized carbons (Fsp3) is 0.667. The van der Waals surface area contributed by atoms with E-state index in [1.807, 2.05) is 6.92 Å². The quantitative estimate of drug-likeness (QED) is 0.916. The van der Waals surface area contributed by atoms with Gasteiger partial charge in [0.1, 0.15) is 11.2 Å². The molecule has 0 saturated heterocycles. The van der Waals surface area contributed by atoms with Gasteiger partial charge in [-0.1, -0.05) is 19.3 Å². The van der Waals surface area contributed by atoms with Gasteiger partial charge < -0.3 is 9.84 Å². The van der Waals surface area contributed by atoms with Crippen molar-refractivity contribution in [3.05, 3.63) is 22.8 Å². The first-order valence-corrected chi connectivity index (χ1v) is 7.23. The van der Waals surface area contributed by atoms with E-state index >= 15 is 0 Å². The number of nitrogens with zero attached hydrogens (tertiary/aromatic N) is 2. The van der Waals surface area contributed by atoms with Gasteiger partial charge in [-0.05, 0) is 33.6 Å². The Morgan fingerprint density at radius 1 is 1.20 bits per heavy atom. The Morgan fingerprint density at radius 3 is 2.20 bits per heavy atom. The topological polar surface area (TPSA) is 72.3 Å². The van der Waals surface area contributed by atoms with Gasteiger partial charge in [-0.2, -0.15) is 0 Å². The molecule has 0 aromatic carbocycles. The van der Waals surface area contributed by atoms with Crippen LogP contribution in [-0.2, 0) is 10.3 Å². The number of carbonyl (C=O) groups is 1. The van der Waals surface area contributed by atoms with Gasteiger partial charge in [0.05, 0.1) is 11.4 Å². The van der Waals surface area contributed by atoms with Gasteiger partial charge in [-0.3, -0.25) is 0 Å². The predicted octanol–water partition coefficient (Wildman–Crippen LogP) is 2.99. The molecule has 0 bridgehead atoms. The molecule has 0 aliphatic heterocycles. The highest BCUT2D eigenvalue weighted by molar-refractivity contribution is 5.89. The number of aromatic nitrogens is 2. The third-order valence-electron chi connectivity index (χ3n) is 3.97. The molecule has 2 rings (SSSR count). The van der Waals surface area contributed by atoms with Crippen LogP contribution in [0, 0.1) is 13.8 Å². The summed E-state index contributed by atoms with van der Waals surface area (Å²) in [5, 5.41) is 9.20. The van der Waals surface area contributed by atoms with Crippen LogP contribution in [0.15, 0.2) is 0 Å². The van der Waals surface area contributed by atoms with Crippen molar-refractivity contribution in [1.29, 1.82) is 0 Å². The third kappa shape index (κ3) is 2.68. The van der Waals surface area contributed by atoms with Crippen molar-refractivity contribution in [2.24, 2.45) is 0 Å². The van der Waals surface area contributed by atoms with E-state index < -0.39 is 11.6 Å². The second-order valence-corrected chi connectivity index (χ2v) is 5.39. The standard InChI is InChI=1S/C15H22N2O3/c1-4-20-15(8-6-5-7-9-15)14-16-10(2)12(13(18)19)11(3)17-14/h4-9H2,1-3H3,(H,18,19). The first-order chi connectivity index (χ1) is 9.50. The first kappa shape index (κ1) is 14.9. The van der Waals surface area contributed by atoms with E-state index in [9.17, 15) is 9.90 Å². The fourth-order valence-electron chi connectivity index (χ4n) is 3.06. The molecule has 1 aliphatic rings. The van der Waals surface area contributed by atoms with Gasteiger partial charge in [0.2, 0.25) is 0 Å². The Labute approximate surface area is 119 Å². The number of hydrogen-bond donors (Lipinski definition) is 1. The fourth-order valence-corrected chi connectivity index (χ4v) is 3.06. The molecule has 20 heavy (non-hydrogen) atoms. The molecule has 0 spiro atoms. The number of ether oxygens (including phenoxy) is 1. The number of aryl methyl sites for hydroxylation is 2. The average Bonchev–Trinajstić information content (AvgIpc) is 2.38. The number of aromatic carboxylic acids is 1. The lowest BCUT2D eigenvalue weighted by Crippen LogP contribution is -2.35. The van der Waals surface area contributed by atoms with Crippen molar-refractivity contribution in [3.63, 3.8) is 0 Å². The van der Waals surface area contributed by atoms with Crippen molar-refractivity contribution in [2.45, 2.75) is 58.5 Å². The highest BCUT2D eigenvalue weighted by Gasteiger charge is 2.38. The van der Waals surface area contributed by atoms with Gasteiger partial charge >= 0.3 is 5.97 Å². The summed E-state index contributed by atoms with van der Waals surface area (Å²) in [5.41, 5.74) is 0.810. The smallest absolute Gasteiger partial charge is 0.339 e. The zero-order valence-electron chi connectivity index (χ0n) is 12.4. The number of carboxylic acid groups (broad SMARTS) is 1. The first-order valence-electron chi connectivity index (χ1n) is 7.23. The van der Waals surface area contributed by atoms with Gasteiger partial charge in [0.15, 0.2) is 5.82 Å². The molecule has 0 atom stereocenters. The van der Waals surface area contributed by atoms with Crippen molar-refractivity contribution in [3.8, 4) is 0 Å². The number of carboxylic acids is 1. The molecule has 5 heteroatoms. The maximum absolute atomic E-state index is 11.2. The van der Waals surface area contributed by atoms with Crippen LogP contribution in [0.2, 0.25) is 0 Å². The lowest BCUT2D eigenvalue weighted by molar-refractivity contribution is -0.0769. The van der Waals surface area contributed by atoms with Crippen LogP contribution in [-0.4, -0.2) is 27.7 Å². The number of rotatable bonds is 4. The SMILES string of the molecule is CCOC1(c2nc(C)c(C(=O)O)c(C)n2)CCCCC1. The molecule has 0 unspecified atom stereocenters. The van der Waals surface area contributed by atoms with Crippen molar-refractivity contribution in [1.82, 2.24) is 9.97 Å². The minimum absolute atomic E-state index is 0.205. The van der Waals surface area contributed by atoms with Gasteiger partial charge in [-0.15, -0.1) is 0 Å². The molecule has 5 nitrogen and oxygen atoms in total. The molecule has 1 N–H and O–H groups in total. The average molecular weight is 278 g/mol. The van der Waals surface area contributed by atoms with Gasteiger partial charge in [0, 0.05) is 6.61 Å². The van der Waals surface area contributed by atoms with Crippen molar-refractivity contribution < 1.29 is 14.6 Å². The minimum Gasteiger partial charge on any atom is -0.478 e. The molecular weight excluding hydrogens is 256 g/mol. The summed E-state index contributed by atoms with van der Waals surface area (Å²) in [6.07, 6.45) is 5.22. The van der Waals surface area contributed by atoms with E-state index in [1.165, 1.54) is 6.42 Å². The van der Waals surface area contributed by atoms with E-state index in [2.05, 4.69) is 9.97 Å². The van der Waals surface area contributed by atoms with Crippen LogP contribution in [0.4, 0.5) is 0 Å². The van der Waals surface area contributed by atoms with E-state index in [0.29, 0.717) is 23.8 Å². The summed E-state index contributed by atoms with van der Waals surface area (Å²) < 4.78 is 5.99.